The van der Waals surface area contributed by atoms with Crippen LogP contribution in [-0.2, 0) is 10.9 Å². The maximum Gasteiger partial charge on any atom is 0.434 e. The molecule has 0 aliphatic carbocycles. The Morgan fingerprint density at radius 3 is 2.50 bits per heavy atom. The fourth-order valence-electron chi connectivity index (χ4n) is 3.10. The SMILES string of the molecule is CC1CN(C(=O)c2cnn(-c3cccc(Cl)c3)c2C(F)(F)F)CC(C)O1. The van der Waals surface area contributed by atoms with Crippen molar-refractivity contribution >= 4 is 17.5 Å². The molecule has 0 radical (unpaired) electrons. The van der Waals surface area contributed by atoms with E-state index in [0.717, 1.165) is 6.20 Å². The van der Waals surface area contributed by atoms with Crippen LogP contribution in [0.1, 0.15) is 29.9 Å². The molecule has 1 amide bonds. The van der Waals surface area contributed by atoms with Gasteiger partial charge in [0.2, 0.25) is 0 Å². The van der Waals surface area contributed by atoms with E-state index in [1.165, 1.54) is 23.1 Å². The lowest BCUT2D eigenvalue weighted by Gasteiger charge is -2.35. The summed E-state index contributed by atoms with van der Waals surface area (Å²) in [4.78, 5) is 14.1. The van der Waals surface area contributed by atoms with Crippen molar-refractivity contribution < 1.29 is 22.7 Å². The van der Waals surface area contributed by atoms with Crippen LogP contribution < -0.4 is 0 Å². The molecule has 1 saturated heterocycles. The van der Waals surface area contributed by atoms with Crippen molar-refractivity contribution in [1.29, 1.82) is 0 Å². The lowest BCUT2D eigenvalue weighted by molar-refractivity contribution is -0.143. The summed E-state index contributed by atoms with van der Waals surface area (Å²) in [5, 5.41) is 4.08. The van der Waals surface area contributed by atoms with E-state index in [1.807, 2.05) is 0 Å². The molecule has 26 heavy (non-hydrogen) atoms. The van der Waals surface area contributed by atoms with Gasteiger partial charge in [0.25, 0.3) is 5.91 Å². The summed E-state index contributed by atoms with van der Waals surface area (Å²) in [6.45, 7) is 4.00. The highest BCUT2D eigenvalue weighted by Gasteiger charge is 2.42. The number of benzene rings is 1. The van der Waals surface area contributed by atoms with Crippen LogP contribution in [0.2, 0.25) is 5.02 Å². The van der Waals surface area contributed by atoms with E-state index in [9.17, 15) is 18.0 Å². The minimum absolute atomic E-state index is 0.132. The number of hydrogen-bond acceptors (Lipinski definition) is 3. The van der Waals surface area contributed by atoms with E-state index >= 15 is 0 Å². The molecule has 1 aliphatic rings. The molecular weight excluding hydrogens is 371 g/mol. The van der Waals surface area contributed by atoms with E-state index in [0.29, 0.717) is 4.68 Å². The Bertz CT molecular complexity index is 812. The molecule has 0 saturated carbocycles. The molecule has 0 N–H and O–H groups in total. The molecule has 0 bridgehead atoms. The van der Waals surface area contributed by atoms with Gasteiger partial charge in [-0.2, -0.15) is 18.3 Å². The van der Waals surface area contributed by atoms with Gasteiger partial charge in [-0.25, -0.2) is 4.68 Å². The van der Waals surface area contributed by atoms with Crippen LogP contribution in [0, 0.1) is 0 Å². The van der Waals surface area contributed by atoms with Gasteiger partial charge in [0.1, 0.15) is 0 Å². The summed E-state index contributed by atoms with van der Waals surface area (Å²) in [5.74, 6) is -0.715. The van der Waals surface area contributed by atoms with Crippen molar-refractivity contribution in [3.05, 3.63) is 46.7 Å². The number of amides is 1. The predicted molar refractivity (Wildman–Crippen MR) is 89.5 cm³/mol. The lowest BCUT2D eigenvalue weighted by atomic mass is 10.1. The van der Waals surface area contributed by atoms with Gasteiger partial charge in [0.05, 0.1) is 29.7 Å². The van der Waals surface area contributed by atoms with Crippen LogP contribution in [-0.4, -0.2) is 45.9 Å². The number of nitrogens with zero attached hydrogens (tertiary/aromatic N) is 3. The Morgan fingerprint density at radius 2 is 1.92 bits per heavy atom. The summed E-state index contributed by atoms with van der Waals surface area (Å²) in [6, 6.07) is 5.87. The fourth-order valence-corrected chi connectivity index (χ4v) is 3.28. The van der Waals surface area contributed by atoms with Crippen LogP contribution in [0.5, 0.6) is 0 Å². The van der Waals surface area contributed by atoms with Crippen LogP contribution in [0.4, 0.5) is 13.2 Å². The van der Waals surface area contributed by atoms with Crippen molar-refractivity contribution in [2.75, 3.05) is 13.1 Å². The van der Waals surface area contributed by atoms with Crippen LogP contribution in [0.15, 0.2) is 30.5 Å². The highest BCUT2D eigenvalue weighted by molar-refractivity contribution is 6.30. The van der Waals surface area contributed by atoms with Gasteiger partial charge in [0.15, 0.2) is 5.69 Å². The number of alkyl halides is 3. The van der Waals surface area contributed by atoms with Gasteiger partial charge in [-0.3, -0.25) is 4.79 Å². The molecule has 3 rings (SSSR count). The number of carbonyl (C=O) groups excluding carboxylic acids is 1. The van der Waals surface area contributed by atoms with Gasteiger partial charge in [-0.05, 0) is 32.0 Å². The first-order valence-corrected chi connectivity index (χ1v) is 8.40. The summed E-state index contributed by atoms with van der Waals surface area (Å²) < 4.78 is 47.4. The average Bonchev–Trinajstić information content (AvgIpc) is 2.98. The molecule has 2 atom stereocenters. The predicted octanol–water partition coefficient (Wildman–Crippen LogP) is 3.79. The fraction of sp³-hybridized carbons (Fsp3) is 0.412. The second kappa shape index (κ2) is 6.92. The number of ether oxygens (including phenoxy) is 1. The number of carbonyl (C=O) groups is 1. The first kappa shape index (κ1) is 18.7. The lowest BCUT2D eigenvalue weighted by Crippen LogP contribution is -2.48. The number of hydrogen-bond donors (Lipinski definition) is 0. The highest BCUT2D eigenvalue weighted by Crippen LogP contribution is 2.34. The zero-order valence-corrected chi connectivity index (χ0v) is 14.9. The van der Waals surface area contributed by atoms with Crippen LogP contribution in [0.3, 0.4) is 0 Å². The van der Waals surface area contributed by atoms with E-state index < -0.39 is 23.3 Å². The van der Waals surface area contributed by atoms with Crippen LogP contribution >= 0.6 is 11.6 Å². The molecule has 9 heteroatoms. The molecule has 1 aliphatic heterocycles. The first-order valence-electron chi connectivity index (χ1n) is 8.02. The molecule has 1 aromatic heterocycles. The third-order valence-corrected chi connectivity index (χ3v) is 4.26. The average molecular weight is 388 g/mol. The van der Waals surface area contributed by atoms with Crippen molar-refractivity contribution in [3.63, 3.8) is 0 Å². The van der Waals surface area contributed by atoms with E-state index in [4.69, 9.17) is 16.3 Å². The smallest absolute Gasteiger partial charge is 0.372 e. The Labute approximate surface area is 153 Å². The number of rotatable bonds is 2. The minimum Gasteiger partial charge on any atom is -0.372 e. The zero-order valence-electron chi connectivity index (χ0n) is 14.1. The quantitative estimate of drug-likeness (QED) is 0.787. The molecule has 2 unspecified atom stereocenters. The van der Waals surface area contributed by atoms with Crippen LogP contribution in [0.25, 0.3) is 5.69 Å². The Kier molecular flexibility index (Phi) is 4.98. The van der Waals surface area contributed by atoms with Gasteiger partial charge in [-0.1, -0.05) is 17.7 Å². The highest BCUT2D eigenvalue weighted by atomic mass is 35.5. The molecule has 2 heterocycles. The third kappa shape index (κ3) is 3.71. The second-order valence-corrected chi connectivity index (χ2v) is 6.70. The largest absolute Gasteiger partial charge is 0.434 e. The summed E-state index contributed by atoms with van der Waals surface area (Å²) in [7, 11) is 0. The molecule has 140 valence electrons. The third-order valence-electron chi connectivity index (χ3n) is 4.03. The van der Waals surface area contributed by atoms with E-state index in [-0.39, 0.29) is 36.0 Å². The topological polar surface area (TPSA) is 47.4 Å². The summed E-state index contributed by atoms with van der Waals surface area (Å²) in [6.07, 6.45) is -4.30. The number of aromatic nitrogens is 2. The maximum atomic E-state index is 13.7. The van der Waals surface area contributed by atoms with Crippen molar-refractivity contribution in [3.8, 4) is 5.69 Å². The normalized spacial score (nSPS) is 21.1. The first-order chi connectivity index (χ1) is 12.2. The maximum absolute atomic E-state index is 13.7. The molecule has 1 aromatic carbocycles. The standard InChI is InChI=1S/C17H17ClF3N3O2/c1-10-8-23(9-11(2)26-10)16(25)14-7-22-24(15(14)17(19,20)21)13-5-3-4-12(18)6-13/h3-7,10-11H,8-9H2,1-2H3. The Balaban J connectivity index is 2.04. The van der Waals surface area contributed by atoms with Gasteiger partial charge >= 0.3 is 6.18 Å². The molecule has 5 nitrogen and oxygen atoms in total. The molecule has 1 fully saturated rings. The summed E-state index contributed by atoms with van der Waals surface area (Å²) >= 11 is 5.87. The molecular formula is C17H17ClF3N3O2. The monoisotopic (exact) mass is 387 g/mol. The summed E-state index contributed by atoms with van der Waals surface area (Å²) in [5.41, 5.74) is -1.47. The van der Waals surface area contributed by atoms with Gasteiger partial charge < -0.3 is 9.64 Å². The van der Waals surface area contributed by atoms with Crippen molar-refractivity contribution in [2.45, 2.75) is 32.2 Å². The Morgan fingerprint density at radius 1 is 1.27 bits per heavy atom. The number of morpholine rings is 1. The Hall–Kier alpha value is -2.06. The van der Waals surface area contributed by atoms with Gasteiger partial charge in [0, 0.05) is 18.1 Å². The van der Waals surface area contributed by atoms with Crippen molar-refractivity contribution in [1.82, 2.24) is 14.7 Å². The molecule has 0 spiro atoms. The van der Waals surface area contributed by atoms with E-state index in [2.05, 4.69) is 5.10 Å². The number of halogens is 4. The van der Waals surface area contributed by atoms with E-state index in [1.54, 1.807) is 19.9 Å². The van der Waals surface area contributed by atoms with Gasteiger partial charge in [-0.15, -0.1) is 0 Å². The van der Waals surface area contributed by atoms with Crippen molar-refractivity contribution in [2.24, 2.45) is 0 Å². The molecule has 2 aromatic rings. The second-order valence-electron chi connectivity index (χ2n) is 6.26. The minimum atomic E-state index is -4.76. The zero-order chi connectivity index (χ0) is 19.1.